The van der Waals surface area contributed by atoms with E-state index in [1.807, 2.05) is 80.3 Å². The molecule has 8 heteroatoms. The summed E-state index contributed by atoms with van der Waals surface area (Å²) in [7, 11) is 5.42. The largest absolute Gasteiger partial charge is 0.481 e. The lowest BCUT2D eigenvalue weighted by Gasteiger charge is -2.30. The number of ether oxygens (including phenoxy) is 1. The molecule has 0 N–H and O–H groups in total. The van der Waals surface area contributed by atoms with Gasteiger partial charge in [0.1, 0.15) is 11.6 Å². The van der Waals surface area contributed by atoms with Gasteiger partial charge in [-0.05, 0) is 43.0 Å². The Morgan fingerprint density at radius 1 is 1.00 bits per heavy atom. The predicted molar refractivity (Wildman–Crippen MR) is 162 cm³/mol. The standard InChI is InChI=1S/C30H30F2N4OS.C2H6/c1-35(2)27-16-33-30-23(12-13-28(34-30)37-3)29(27)36(17-20-10-7-11-20)18-24-25(31)14-22(15-26(24)32)38-19-21-8-5-4-6-9-21;1-2/h4-6,8-9,12-17H,7,10-11,18-19H2,1-3H3;1-2H3. The molecule has 0 bridgehead atoms. The molecule has 5 nitrogen and oxygen atoms in total. The smallest absolute Gasteiger partial charge is 0.215 e. The summed E-state index contributed by atoms with van der Waals surface area (Å²) in [5, 5.41) is 0.782. The summed E-state index contributed by atoms with van der Waals surface area (Å²) in [6.07, 6.45) is 6.84. The van der Waals surface area contributed by atoms with Crippen LogP contribution < -0.4 is 14.5 Å². The molecule has 0 amide bonds. The van der Waals surface area contributed by atoms with Crippen LogP contribution in [0.2, 0.25) is 0 Å². The monoisotopic (exact) mass is 562 g/mol. The topological polar surface area (TPSA) is 41.5 Å². The van der Waals surface area contributed by atoms with Crippen LogP contribution >= 0.6 is 11.8 Å². The van der Waals surface area contributed by atoms with Gasteiger partial charge in [0, 0.05) is 48.0 Å². The van der Waals surface area contributed by atoms with Crippen LogP contribution in [0.5, 0.6) is 5.88 Å². The van der Waals surface area contributed by atoms with Crippen LogP contribution in [0.3, 0.4) is 0 Å². The van der Waals surface area contributed by atoms with Crippen LogP contribution in [0.1, 0.15) is 44.2 Å². The summed E-state index contributed by atoms with van der Waals surface area (Å²) >= 11 is 1.42. The zero-order chi connectivity index (χ0) is 28.6. The highest BCUT2D eigenvalue weighted by Gasteiger charge is 2.23. The molecule has 0 radical (unpaired) electrons. The van der Waals surface area contributed by atoms with Gasteiger partial charge in [0.05, 0.1) is 31.2 Å². The number of hydrogen-bond acceptors (Lipinski definition) is 6. The van der Waals surface area contributed by atoms with E-state index in [1.54, 1.807) is 19.4 Å². The molecule has 210 valence electrons. The highest BCUT2D eigenvalue weighted by molar-refractivity contribution is 7.98. The number of benzene rings is 2. The molecule has 0 saturated heterocycles. The Labute approximate surface area is 239 Å². The van der Waals surface area contributed by atoms with E-state index < -0.39 is 11.6 Å². The van der Waals surface area contributed by atoms with Crippen molar-refractivity contribution in [2.45, 2.75) is 50.3 Å². The van der Waals surface area contributed by atoms with Gasteiger partial charge < -0.3 is 14.5 Å². The van der Waals surface area contributed by atoms with E-state index in [1.165, 1.54) is 29.5 Å². The third kappa shape index (κ3) is 6.73. The molecule has 0 aliphatic heterocycles. The van der Waals surface area contributed by atoms with Crippen molar-refractivity contribution in [3.63, 3.8) is 0 Å². The van der Waals surface area contributed by atoms with Crippen molar-refractivity contribution in [1.82, 2.24) is 9.97 Å². The fraction of sp³-hybridized carbons (Fsp3) is 0.312. The minimum atomic E-state index is -0.554. The molecule has 1 aliphatic rings. The third-order valence-electron chi connectivity index (χ3n) is 6.66. The molecule has 0 spiro atoms. The second kappa shape index (κ2) is 13.6. The van der Waals surface area contributed by atoms with E-state index in [-0.39, 0.29) is 12.1 Å². The lowest BCUT2D eigenvalue weighted by atomic mass is 9.93. The van der Waals surface area contributed by atoms with Gasteiger partial charge in [0.15, 0.2) is 5.65 Å². The summed E-state index contributed by atoms with van der Waals surface area (Å²) in [6, 6.07) is 16.4. The number of nitrogens with zero attached hydrogens (tertiary/aromatic N) is 4. The van der Waals surface area contributed by atoms with Crippen molar-refractivity contribution in [1.29, 1.82) is 0 Å². The molecule has 1 aliphatic carbocycles. The molecule has 2 heterocycles. The van der Waals surface area contributed by atoms with Gasteiger partial charge in [0.2, 0.25) is 5.88 Å². The van der Waals surface area contributed by atoms with E-state index >= 15 is 8.78 Å². The molecular weight excluding hydrogens is 526 g/mol. The summed E-state index contributed by atoms with van der Waals surface area (Å²) < 4.78 is 36.2. The first kappa shape index (κ1) is 29.3. The maximum atomic E-state index is 15.5. The Morgan fingerprint density at radius 3 is 2.30 bits per heavy atom. The molecule has 1 saturated carbocycles. The van der Waals surface area contributed by atoms with Crippen molar-refractivity contribution < 1.29 is 13.5 Å². The lowest BCUT2D eigenvalue weighted by Crippen LogP contribution is -2.23. The first-order valence-corrected chi connectivity index (χ1v) is 14.5. The molecule has 0 atom stereocenters. The Morgan fingerprint density at radius 2 is 1.70 bits per heavy atom. The number of hydrogen-bond donors (Lipinski definition) is 0. The van der Waals surface area contributed by atoms with Gasteiger partial charge in [-0.1, -0.05) is 49.8 Å². The van der Waals surface area contributed by atoms with Crippen LogP contribution in [-0.2, 0) is 12.3 Å². The predicted octanol–water partition coefficient (Wildman–Crippen LogP) is 8.38. The molecule has 4 aromatic rings. The van der Waals surface area contributed by atoms with Gasteiger partial charge in [-0.15, -0.1) is 11.8 Å². The highest BCUT2D eigenvalue weighted by atomic mass is 32.2. The van der Waals surface area contributed by atoms with Gasteiger partial charge in [-0.3, -0.25) is 0 Å². The van der Waals surface area contributed by atoms with Crippen LogP contribution in [0.25, 0.3) is 11.0 Å². The van der Waals surface area contributed by atoms with Gasteiger partial charge >= 0.3 is 0 Å². The van der Waals surface area contributed by atoms with Crippen molar-refractivity contribution in [2.75, 3.05) is 31.0 Å². The molecule has 5 rings (SSSR count). The summed E-state index contributed by atoms with van der Waals surface area (Å²) in [4.78, 5) is 13.5. The summed E-state index contributed by atoms with van der Waals surface area (Å²) in [5.74, 6) is -0.00875. The number of pyridine rings is 2. The molecule has 40 heavy (non-hydrogen) atoms. The minimum absolute atomic E-state index is 0.0290. The fourth-order valence-corrected chi connectivity index (χ4v) is 5.32. The molecule has 2 aromatic heterocycles. The van der Waals surface area contributed by atoms with Gasteiger partial charge in [-0.2, -0.15) is 4.98 Å². The second-order valence-corrected chi connectivity index (χ2v) is 10.6. The van der Waals surface area contributed by atoms with Crippen LogP contribution in [-0.4, -0.2) is 31.2 Å². The van der Waals surface area contributed by atoms with Crippen molar-refractivity contribution >= 4 is 34.2 Å². The minimum Gasteiger partial charge on any atom is -0.481 e. The normalized spacial score (nSPS) is 12.3. The quantitative estimate of drug-likeness (QED) is 0.191. The van der Waals surface area contributed by atoms with Crippen molar-refractivity contribution in [3.05, 3.63) is 95.3 Å². The maximum Gasteiger partial charge on any atom is 0.215 e. The second-order valence-electron chi connectivity index (χ2n) is 9.52. The van der Waals surface area contributed by atoms with Crippen LogP contribution in [0, 0.1) is 11.6 Å². The zero-order valence-corrected chi connectivity index (χ0v) is 24.6. The van der Waals surface area contributed by atoms with E-state index in [0.717, 1.165) is 41.6 Å². The Hall–Kier alpha value is -3.65. The molecular formula is C32H36F2N4OS. The number of thioether (sulfide) groups is 1. The first-order chi connectivity index (χ1) is 19.4. The fourth-order valence-electron chi connectivity index (χ4n) is 4.42. The van der Waals surface area contributed by atoms with Crippen LogP contribution in [0.15, 0.2) is 77.5 Å². The number of fused-ring (bicyclic) bond motifs is 1. The average Bonchev–Trinajstić information content (AvgIpc) is 2.95. The highest BCUT2D eigenvalue weighted by Crippen LogP contribution is 2.39. The number of methoxy groups -OCH3 is 1. The Bertz CT molecular complexity index is 1450. The van der Waals surface area contributed by atoms with Crippen molar-refractivity contribution in [3.8, 4) is 5.88 Å². The molecule has 2 aromatic carbocycles. The molecule has 0 unspecified atom stereocenters. The number of halogens is 2. The first-order valence-electron chi connectivity index (χ1n) is 13.5. The number of anilines is 2. The van der Waals surface area contributed by atoms with E-state index in [0.29, 0.717) is 22.2 Å². The van der Waals surface area contributed by atoms with E-state index in [4.69, 9.17) is 4.74 Å². The van der Waals surface area contributed by atoms with Gasteiger partial charge in [-0.25, -0.2) is 13.8 Å². The zero-order valence-electron chi connectivity index (χ0n) is 23.7. The SMILES string of the molecule is CC.COc1ccc2c(N(C=C3CCC3)Cc3c(F)cc(SCc4ccccc4)cc3F)c(N(C)C)cnc2n1. The van der Waals surface area contributed by atoms with Crippen LogP contribution in [0.4, 0.5) is 20.2 Å². The summed E-state index contributed by atoms with van der Waals surface area (Å²) in [6.45, 7) is 4.04. The van der Waals surface area contributed by atoms with Crippen molar-refractivity contribution in [2.24, 2.45) is 0 Å². The Kier molecular flexibility index (Phi) is 9.98. The number of aromatic nitrogens is 2. The van der Waals surface area contributed by atoms with E-state index in [9.17, 15) is 0 Å². The van der Waals surface area contributed by atoms with Gasteiger partial charge in [0.25, 0.3) is 0 Å². The number of allylic oxidation sites excluding steroid dienone is 1. The van der Waals surface area contributed by atoms with E-state index in [2.05, 4.69) is 9.97 Å². The average molecular weight is 563 g/mol. The maximum absolute atomic E-state index is 15.5. The third-order valence-corrected chi connectivity index (χ3v) is 7.71. The lowest BCUT2D eigenvalue weighted by molar-refractivity contribution is 0.399. The Balaban J connectivity index is 0.00000181. The number of rotatable bonds is 9. The summed E-state index contributed by atoms with van der Waals surface area (Å²) in [5.41, 5.74) is 4.52. The molecule has 1 fully saturated rings.